The fraction of sp³-hybridized carbons (Fsp3) is 0.486. The predicted molar refractivity (Wildman–Crippen MR) is 171 cm³/mol. The highest BCUT2D eigenvalue weighted by Gasteiger charge is 2.36. The molecular weight excluding hydrogens is 566 g/mol. The average molecular weight is 608 g/mol. The number of amides is 1. The lowest BCUT2D eigenvalue weighted by molar-refractivity contribution is 0.0767. The molecule has 10 nitrogen and oxygen atoms in total. The fourth-order valence-corrected chi connectivity index (χ4v) is 7.34. The van der Waals surface area contributed by atoms with Crippen LogP contribution >= 0.6 is 0 Å². The van der Waals surface area contributed by atoms with Crippen molar-refractivity contribution in [1.29, 1.82) is 5.26 Å². The molecule has 4 aliphatic rings. The van der Waals surface area contributed by atoms with Crippen molar-refractivity contribution in [2.24, 2.45) is 0 Å². The summed E-state index contributed by atoms with van der Waals surface area (Å²) in [6.45, 7) is 4.78. The lowest BCUT2D eigenvalue weighted by Crippen LogP contribution is -2.55. The second-order valence-corrected chi connectivity index (χ2v) is 12.7. The standard InChI is InChI=1S/C35H41N7O3/c1-39-17-7-12-28(39)24-44-34-37-31-22-41(32-14-6-11-26-10-5-13-29(26)32)21-30(31)33(38-34)40-18-19-42(27(20-40)15-16-36)35(43)45-23-25-8-3-2-4-9-25/h2-4,6,8-9,11,14,27-28H,5,7,10,12-13,15,17-24H2,1H3/t27-,28-/m0/s1. The molecule has 2 fully saturated rings. The molecule has 4 heterocycles. The van der Waals surface area contributed by atoms with Gasteiger partial charge in [-0.25, -0.2) is 4.79 Å². The number of carbonyl (C=O) groups is 1. The summed E-state index contributed by atoms with van der Waals surface area (Å²) in [5.74, 6) is 0.852. The number of likely N-dealkylation sites (N-methyl/N-ethyl adjacent to an activating group) is 1. The number of carbonyl (C=O) groups excluding carboxylic acids is 1. The summed E-state index contributed by atoms with van der Waals surface area (Å²) in [5, 5.41) is 9.71. The molecule has 0 N–H and O–H groups in total. The molecule has 7 rings (SSSR count). The molecule has 45 heavy (non-hydrogen) atoms. The molecule has 3 aromatic rings. The zero-order valence-corrected chi connectivity index (χ0v) is 26.0. The van der Waals surface area contributed by atoms with Crippen LogP contribution in [0.15, 0.2) is 48.5 Å². The summed E-state index contributed by atoms with van der Waals surface area (Å²) in [6, 6.07) is 19.1. The Labute approximate surface area is 265 Å². The maximum atomic E-state index is 13.2. The van der Waals surface area contributed by atoms with Crippen LogP contribution in [0.3, 0.4) is 0 Å². The van der Waals surface area contributed by atoms with E-state index in [9.17, 15) is 10.1 Å². The largest absolute Gasteiger partial charge is 0.462 e. The number of rotatable bonds is 8. The number of ether oxygens (including phenoxy) is 2. The molecule has 2 aromatic carbocycles. The smallest absolute Gasteiger partial charge is 0.410 e. The van der Waals surface area contributed by atoms with E-state index in [4.69, 9.17) is 19.4 Å². The topological polar surface area (TPSA) is 98.1 Å². The molecule has 2 atom stereocenters. The number of anilines is 2. The molecule has 1 aromatic heterocycles. The fourth-order valence-electron chi connectivity index (χ4n) is 7.34. The van der Waals surface area contributed by atoms with E-state index in [-0.39, 0.29) is 25.2 Å². The summed E-state index contributed by atoms with van der Waals surface area (Å²) in [6.07, 6.45) is 5.56. The molecule has 1 aliphatic carbocycles. The summed E-state index contributed by atoms with van der Waals surface area (Å²) in [5.41, 5.74) is 7.23. The Bertz CT molecular complexity index is 1580. The third-order valence-electron chi connectivity index (χ3n) is 9.83. The SMILES string of the molecule is CN1CCC[C@H]1COc1nc2c(c(N3CCN(C(=O)OCc4ccccc4)[C@@H](CC#N)C3)n1)CN(c1cccc3c1CCC3)C2. The molecule has 0 saturated carbocycles. The Morgan fingerprint density at radius 3 is 2.67 bits per heavy atom. The van der Waals surface area contributed by atoms with Gasteiger partial charge in [-0.05, 0) is 68.5 Å². The van der Waals surface area contributed by atoms with Gasteiger partial charge in [-0.3, -0.25) is 0 Å². The average Bonchev–Trinajstić information content (AvgIpc) is 3.82. The number of likely N-dealkylation sites (tertiary alicyclic amines) is 1. The van der Waals surface area contributed by atoms with Crippen LogP contribution in [-0.2, 0) is 37.3 Å². The van der Waals surface area contributed by atoms with Crippen molar-refractivity contribution in [2.75, 3.05) is 49.6 Å². The van der Waals surface area contributed by atoms with Gasteiger partial charge in [0, 0.05) is 43.5 Å². The van der Waals surface area contributed by atoms with Gasteiger partial charge in [0.2, 0.25) is 0 Å². The van der Waals surface area contributed by atoms with Crippen LogP contribution < -0.4 is 14.5 Å². The van der Waals surface area contributed by atoms with E-state index in [1.54, 1.807) is 4.90 Å². The first-order chi connectivity index (χ1) is 22.1. The van der Waals surface area contributed by atoms with E-state index in [0.717, 1.165) is 55.0 Å². The lowest BCUT2D eigenvalue weighted by atomic mass is 10.1. The van der Waals surface area contributed by atoms with Gasteiger partial charge in [-0.1, -0.05) is 42.5 Å². The first-order valence-corrected chi connectivity index (χ1v) is 16.2. The monoisotopic (exact) mass is 607 g/mol. The van der Waals surface area contributed by atoms with E-state index in [2.05, 4.69) is 46.0 Å². The van der Waals surface area contributed by atoms with Crippen molar-refractivity contribution < 1.29 is 14.3 Å². The summed E-state index contributed by atoms with van der Waals surface area (Å²) in [4.78, 5) is 31.9. The molecule has 10 heteroatoms. The van der Waals surface area contributed by atoms with Crippen LogP contribution in [0.4, 0.5) is 16.3 Å². The number of piperazine rings is 1. The molecule has 234 valence electrons. The van der Waals surface area contributed by atoms with E-state index < -0.39 is 0 Å². The molecule has 0 spiro atoms. The number of nitriles is 1. The molecule has 0 unspecified atom stereocenters. The number of aryl methyl sites for hydroxylation is 1. The summed E-state index contributed by atoms with van der Waals surface area (Å²) < 4.78 is 12.0. The highest BCUT2D eigenvalue weighted by atomic mass is 16.6. The van der Waals surface area contributed by atoms with Crippen molar-refractivity contribution >= 4 is 17.6 Å². The highest BCUT2D eigenvalue weighted by Crippen LogP contribution is 2.39. The third kappa shape index (κ3) is 6.14. The first-order valence-electron chi connectivity index (χ1n) is 16.2. The Balaban J connectivity index is 1.13. The molecule has 0 bridgehead atoms. The van der Waals surface area contributed by atoms with Crippen molar-refractivity contribution in [3.63, 3.8) is 0 Å². The zero-order valence-electron chi connectivity index (χ0n) is 26.0. The second kappa shape index (κ2) is 12.9. The Morgan fingerprint density at radius 2 is 1.84 bits per heavy atom. The van der Waals surface area contributed by atoms with Crippen LogP contribution in [0.5, 0.6) is 6.01 Å². The van der Waals surface area contributed by atoms with Gasteiger partial charge in [0.1, 0.15) is 19.0 Å². The molecule has 2 saturated heterocycles. The first kappa shape index (κ1) is 29.4. The van der Waals surface area contributed by atoms with E-state index >= 15 is 0 Å². The van der Waals surface area contributed by atoms with Crippen molar-refractivity contribution in [2.45, 2.75) is 70.3 Å². The van der Waals surface area contributed by atoms with Gasteiger partial charge in [0.05, 0.1) is 30.8 Å². The van der Waals surface area contributed by atoms with Gasteiger partial charge in [0.25, 0.3) is 0 Å². The van der Waals surface area contributed by atoms with E-state index in [1.807, 2.05) is 30.3 Å². The number of nitrogens with zero attached hydrogens (tertiary/aromatic N) is 7. The predicted octanol–water partition coefficient (Wildman–Crippen LogP) is 4.70. The molecule has 3 aliphatic heterocycles. The van der Waals surface area contributed by atoms with Gasteiger partial charge < -0.3 is 29.1 Å². The van der Waals surface area contributed by atoms with E-state index in [1.165, 1.54) is 29.7 Å². The van der Waals surface area contributed by atoms with Crippen molar-refractivity contribution in [1.82, 2.24) is 19.8 Å². The lowest BCUT2D eigenvalue weighted by Gasteiger charge is -2.41. The number of aromatic nitrogens is 2. The van der Waals surface area contributed by atoms with Crippen molar-refractivity contribution in [3.05, 3.63) is 76.5 Å². The molecule has 0 radical (unpaired) electrons. The highest BCUT2D eigenvalue weighted by molar-refractivity contribution is 5.69. The Hall–Kier alpha value is -4.36. The molecule has 1 amide bonds. The Morgan fingerprint density at radius 1 is 0.956 bits per heavy atom. The minimum atomic E-state index is -0.388. The van der Waals surface area contributed by atoms with Gasteiger partial charge >= 0.3 is 12.1 Å². The minimum Gasteiger partial charge on any atom is -0.462 e. The maximum absolute atomic E-state index is 13.2. The maximum Gasteiger partial charge on any atom is 0.410 e. The molecular formula is C35H41N7O3. The summed E-state index contributed by atoms with van der Waals surface area (Å²) >= 11 is 0. The van der Waals surface area contributed by atoms with Gasteiger partial charge in [-0.2, -0.15) is 15.2 Å². The van der Waals surface area contributed by atoms with E-state index in [0.29, 0.717) is 44.8 Å². The number of benzene rings is 2. The zero-order chi connectivity index (χ0) is 30.8. The van der Waals surface area contributed by atoms with Crippen LogP contribution in [0.2, 0.25) is 0 Å². The quantitative estimate of drug-likeness (QED) is 0.361. The van der Waals surface area contributed by atoms with Crippen LogP contribution in [0.25, 0.3) is 0 Å². The number of hydrogen-bond acceptors (Lipinski definition) is 9. The Kier molecular flexibility index (Phi) is 8.44. The summed E-state index contributed by atoms with van der Waals surface area (Å²) in [7, 11) is 2.14. The number of fused-ring (bicyclic) bond motifs is 2. The van der Waals surface area contributed by atoms with Gasteiger partial charge in [-0.15, -0.1) is 0 Å². The normalized spacial score (nSPS) is 21.0. The number of hydrogen-bond donors (Lipinski definition) is 0. The van der Waals surface area contributed by atoms with Crippen LogP contribution in [0, 0.1) is 11.3 Å². The minimum absolute atomic E-state index is 0.203. The van der Waals surface area contributed by atoms with Crippen molar-refractivity contribution in [3.8, 4) is 12.1 Å². The van der Waals surface area contributed by atoms with Crippen LogP contribution in [-0.4, -0.2) is 77.8 Å². The third-order valence-corrected chi connectivity index (χ3v) is 9.83. The van der Waals surface area contributed by atoms with Gasteiger partial charge in [0.15, 0.2) is 0 Å². The second-order valence-electron chi connectivity index (χ2n) is 12.7. The van der Waals surface area contributed by atoms with Crippen LogP contribution in [0.1, 0.15) is 53.6 Å².